The van der Waals surface area contributed by atoms with Crippen LogP contribution in [0.25, 0.3) is 10.9 Å². The van der Waals surface area contributed by atoms with Crippen LogP contribution in [0.1, 0.15) is 0 Å². The molecule has 3 aromatic rings. The molecule has 0 aliphatic heterocycles. The van der Waals surface area contributed by atoms with Crippen molar-refractivity contribution >= 4 is 34.1 Å². The minimum Gasteiger partial charge on any atom is -0.338 e. The Hall–Kier alpha value is -2.40. The number of carbonyl (C=O) groups is 1. The lowest BCUT2D eigenvalue weighted by atomic mass is 10.2. The maximum absolute atomic E-state index is 13.1. The summed E-state index contributed by atoms with van der Waals surface area (Å²) in [6.07, 6.45) is 1.71. The summed E-state index contributed by atoms with van der Waals surface area (Å²) in [5.41, 5.74) is 1.17. The van der Waals surface area contributed by atoms with Crippen LogP contribution in [0.3, 0.4) is 0 Å². The highest BCUT2D eigenvalue weighted by atomic mass is 35.5. The molecule has 0 atom stereocenters. The van der Waals surface area contributed by atoms with Gasteiger partial charge in [0.25, 0.3) is 0 Å². The molecule has 0 radical (unpaired) electrons. The number of rotatable bonds is 3. The number of benzene rings is 2. The molecular weight excluding hydrogens is 310 g/mol. The van der Waals surface area contributed by atoms with Gasteiger partial charge >= 0.3 is 0 Å². The van der Waals surface area contributed by atoms with Crippen LogP contribution in [0.2, 0.25) is 5.02 Å². The molecule has 0 bridgehead atoms. The molecule has 6 heteroatoms. The molecule has 0 fully saturated rings. The summed E-state index contributed by atoms with van der Waals surface area (Å²) in [6, 6.07) is 10.1. The third kappa shape index (κ3) is 2.94. The Morgan fingerprint density at radius 3 is 2.73 bits per heavy atom. The lowest BCUT2D eigenvalue weighted by Crippen LogP contribution is -2.18. The molecule has 0 spiro atoms. The van der Waals surface area contributed by atoms with E-state index in [1.807, 2.05) is 0 Å². The van der Waals surface area contributed by atoms with E-state index in [1.54, 1.807) is 22.9 Å². The number of nitrogens with one attached hydrogen (secondary N) is 1. The summed E-state index contributed by atoms with van der Waals surface area (Å²) < 4.78 is 27.9. The monoisotopic (exact) mass is 320 g/mol. The van der Waals surface area contributed by atoms with Crippen molar-refractivity contribution in [3.8, 4) is 0 Å². The van der Waals surface area contributed by atoms with Gasteiger partial charge in [0, 0.05) is 22.8 Å². The SMILES string of the molecule is O=C(Cn1ccc2cc(F)ccc21)Nc1ccc(F)c(Cl)c1. The van der Waals surface area contributed by atoms with E-state index in [-0.39, 0.29) is 23.3 Å². The molecule has 0 saturated carbocycles. The number of aromatic nitrogens is 1. The van der Waals surface area contributed by atoms with E-state index in [4.69, 9.17) is 11.6 Å². The maximum Gasteiger partial charge on any atom is 0.244 e. The first-order valence-electron chi connectivity index (χ1n) is 6.52. The predicted octanol–water partition coefficient (Wildman–Crippen LogP) is 4.21. The Kier molecular flexibility index (Phi) is 3.81. The molecule has 1 amide bonds. The Balaban J connectivity index is 1.76. The molecule has 22 heavy (non-hydrogen) atoms. The molecule has 1 aromatic heterocycles. The van der Waals surface area contributed by atoms with Crippen molar-refractivity contribution in [1.29, 1.82) is 0 Å². The van der Waals surface area contributed by atoms with Crippen molar-refractivity contribution in [2.24, 2.45) is 0 Å². The van der Waals surface area contributed by atoms with Crippen LogP contribution in [0.4, 0.5) is 14.5 Å². The number of fused-ring (bicyclic) bond motifs is 1. The fourth-order valence-corrected chi connectivity index (χ4v) is 2.42. The zero-order valence-corrected chi connectivity index (χ0v) is 12.1. The van der Waals surface area contributed by atoms with E-state index in [2.05, 4.69) is 5.32 Å². The van der Waals surface area contributed by atoms with Crippen LogP contribution in [0.5, 0.6) is 0 Å². The van der Waals surface area contributed by atoms with Crippen molar-refractivity contribution < 1.29 is 13.6 Å². The second-order valence-electron chi connectivity index (χ2n) is 4.82. The van der Waals surface area contributed by atoms with Gasteiger partial charge in [-0.25, -0.2) is 8.78 Å². The Bertz CT molecular complexity index is 860. The number of carbonyl (C=O) groups excluding carboxylic acids is 1. The normalized spacial score (nSPS) is 10.9. The summed E-state index contributed by atoms with van der Waals surface area (Å²) in [6.45, 7) is 0.0597. The maximum atomic E-state index is 13.1. The first kappa shape index (κ1) is 14.5. The fraction of sp³-hybridized carbons (Fsp3) is 0.0625. The number of nitrogens with zero attached hydrogens (tertiary/aromatic N) is 1. The number of amides is 1. The van der Waals surface area contributed by atoms with Gasteiger partial charge < -0.3 is 9.88 Å². The first-order chi connectivity index (χ1) is 10.5. The van der Waals surface area contributed by atoms with E-state index in [0.29, 0.717) is 5.69 Å². The standard InChI is InChI=1S/C16H11ClF2N2O/c17-13-8-12(2-3-14(13)19)20-16(22)9-21-6-5-10-7-11(18)1-4-15(10)21/h1-8H,9H2,(H,20,22). The molecular formula is C16H11ClF2N2O. The number of anilines is 1. The van der Waals surface area contributed by atoms with Gasteiger partial charge in [-0.1, -0.05) is 11.6 Å². The summed E-state index contributed by atoms with van der Waals surface area (Å²) in [4.78, 5) is 12.0. The third-order valence-electron chi connectivity index (χ3n) is 3.25. The molecule has 2 aromatic carbocycles. The minimum absolute atomic E-state index is 0.0558. The van der Waals surface area contributed by atoms with Gasteiger partial charge in [0.05, 0.1) is 5.02 Å². The van der Waals surface area contributed by atoms with Gasteiger partial charge in [0.15, 0.2) is 0 Å². The van der Waals surface area contributed by atoms with E-state index in [9.17, 15) is 13.6 Å². The van der Waals surface area contributed by atoms with Gasteiger partial charge in [0.1, 0.15) is 18.2 Å². The van der Waals surface area contributed by atoms with Gasteiger partial charge in [-0.15, -0.1) is 0 Å². The van der Waals surface area contributed by atoms with Crippen LogP contribution < -0.4 is 5.32 Å². The Morgan fingerprint density at radius 1 is 1.14 bits per heavy atom. The molecule has 112 valence electrons. The highest BCUT2D eigenvalue weighted by molar-refractivity contribution is 6.31. The number of hydrogen-bond donors (Lipinski definition) is 1. The highest BCUT2D eigenvalue weighted by Gasteiger charge is 2.08. The Labute approximate surface area is 130 Å². The van der Waals surface area contributed by atoms with Crippen molar-refractivity contribution in [2.45, 2.75) is 6.54 Å². The van der Waals surface area contributed by atoms with Gasteiger partial charge in [-0.2, -0.15) is 0 Å². The zero-order chi connectivity index (χ0) is 15.7. The highest BCUT2D eigenvalue weighted by Crippen LogP contribution is 2.20. The molecule has 1 N–H and O–H groups in total. The fourth-order valence-electron chi connectivity index (χ4n) is 2.24. The quantitative estimate of drug-likeness (QED) is 0.770. The summed E-state index contributed by atoms with van der Waals surface area (Å²) in [7, 11) is 0. The topological polar surface area (TPSA) is 34.0 Å². The van der Waals surface area contributed by atoms with Crippen molar-refractivity contribution in [3.63, 3.8) is 0 Å². The minimum atomic E-state index is -0.543. The van der Waals surface area contributed by atoms with Crippen molar-refractivity contribution in [2.75, 3.05) is 5.32 Å². The molecule has 1 heterocycles. The smallest absolute Gasteiger partial charge is 0.244 e. The van der Waals surface area contributed by atoms with Gasteiger partial charge in [0.2, 0.25) is 5.91 Å². The van der Waals surface area contributed by atoms with Crippen molar-refractivity contribution in [3.05, 3.63) is 65.3 Å². The Morgan fingerprint density at radius 2 is 1.95 bits per heavy atom. The van der Waals surface area contributed by atoms with E-state index in [0.717, 1.165) is 10.9 Å². The molecule has 0 unspecified atom stereocenters. The van der Waals surface area contributed by atoms with E-state index >= 15 is 0 Å². The predicted molar refractivity (Wildman–Crippen MR) is 81.9 cm³/mol. The van der Waals surface area contributed by atoms with Crippen LogP contribution in [0.15, 0.2) is 48.7 Å². The molecule has 3 rings (SSSR count). The second-order valence-corrected chi connectivity index (χ2v) is 5.23. The van der Waals surface area contributed by atoms with Gasteiger partial charge in [-0.3, -0.25) is 4.79 Å². The van der Waals surface area contributed by atoms with Gasteiger partial charge in [-0.05, 0) is 42.5 Å². The third-order valence-corrected chi connectivity index (χ3v) is 3.54. The summed E-state index contributed by atoms with van der Waals surface area (Å²) in [5, 5.41) is 3.30. The first-order valence-corrected chi connectivity index (χ1v) is 6.90. The second kappa shape index (κ2) is 5.77. The molecule has 0 aliphatic carbocycles. The molecule has 3 nitrogen and oxygen atoms in total. The zero-order valence-electron chi connectivity index (χ0n) is 11.3. The number of hydrogen-bond acceptors (Lipinski definition) is 1. The van der Waals surface area contributed by atoms with Crippen molar-refractivity contribution in [1.82, 2.24) is 4.57 Å². The molecule has 0 saturated heterocycles. The molecule has 0 aliphatic rings. The summed E-state index contributed by atoms with van der Waals surface area (Å²) >= 11 is 5.67. The van der Waals surface area contributed by atoms with E-state index in [1.165, 1.54) is 30.3 Å². The average molecular weight is 321 g/mol. The largest absolute Gasteiger partial charge is 0.338 e. The lowest BCUT2D eigenvalue weighted by molar-refractivity contribution is -0.116. The lowest BCUT2D eigenvalue weighted by Gasteiger charge is -2.08. The summed E-state index contributed by atoms with van der Waals surface area (Å²) in [5.74, 6) is -1.15. The van der Waals surface area contributed by atoms with Crippen LogP contribution >= 0.6 is 11.6 Å². The average Bonchev–Trinajstić information content (AvgIpc) is 2.85. The van der Waals surface area contributed by atoms with Crippen LogP contribution in [-0.2, 0) is 11.3 Å². The van der Waals surface area contributed by atoms with Crippen LogP contribution in [0, 0.1) is 11.6 Å². The number of halogens is 3. The van der Waals surface area contributed by atoms with Crippen LogP contribution in [-0.4, -0.2) is 10.5 Å². The van der Waals surface area contributed by atoms with E-state index < -0.39 is 5.82 Å².